The molecule has 1 aromatic carbocycles. The number of para-hydroxylation sites is 1. The number of rotatable bonds is 3. The molecule has 2 bridgehead atoms. The zero-order valence-electron chi connectivity index (χ0n) is 22.0. The first-order valence-corrected chi connectivity index (χ1v) is 13.9. The van der Waals surface area contributed by atoms with Gasteiger partial charge < -0.3 is 24.3 Å². The standard InChI is InChI=1S/C29H40N4O4/c1-30-13-15-31(16-14-30)27(34)18-23-11-12-32-19-24(23)9-5-17-37-26-10-3-2-6-25(26)20-33(21-28(32)35)29(36)22-7-4-8-22/h2-3,5-6,9-10,22-24H,4,7-8,11-21H2,1H3/t23-,24-/m0/s1. The van der Waals surface area contributed by atoms with Crippen LogP contribution in [0.3, 0.4) is 0 Å². The molecule has 1 aromatic rings. The summed E-state index contributed by atoms with van der Waals surface area (Å²) in [6.07, 6.45) is 8.35. The van der Waals surface area contributed by atoms with Crippen molar-refractivity contribution in [2.24, 2.45) is 17.8 Å². The summed E-state index contributed by atoms with van der Waals surface area (Å²) in [6.45, 7) is 5.48. The number of carbonyl (C=O) groups is 3. The van der Waals surface area contributed by atoms with E-state index in [1.165, 1.54) is 0 Å². The number of amides is 3. The van der Waals surface area contributed by atoms with Gasteiger partial charge in [-0.15, -0.1) is 0 Å². The molecule has 37 heavy (non-hydrogen) atoms. The number of carbonyl (C=O) groups excluding carboxylic acids is 3. The van der Waals surface area contributed by atoms with Crippen molar-refractivity contribution in [3.63, 3.8) is 0 Å². The topological polar surface area (TPSA) is 73.4 Å². The van der Waals surface area contributed by atoms with Crippen LogP contribution in [0.2, 0.25) is 0 Å². The summed E-state index contributed by atoms with van der Waals surface area (Å²) in [4.78, 5) is 47.8. The molecule has 3 amide bonds. The van der Waals surface area contributed by atoms with Gasteiger partial charge in [-0.3, -0.25) is 14.4 Å². The predicted octanol–water partition coefficient (Wildman–Crippen LogP) is 2.39. The van der Waals surface area contributed by atoms with Gasteiger partial charge in [-0.25, -0.2) is 0 Å². The first kappa shape index (κ1) is 25.8. The van der Waals surface area contributed by atoms with Crippen LogP contribution in [-0.2, 0) is 20.9 Å². The van der Waals surface area contributed by atoms with Crippen molar-refractivity contribution in [1.29, 1.82) is 0 Å². The number of likely N-dealkylation sites (N-methyl/N-ethyl adjacent to an activating group) is 1. The van der Waals surface area contributed by atoms with Gasteiger partial charge >= 0.3 is 0 Å². The molecule has 0 radical (unpaired) electrons. The Hall–Kier alpha value is -2.87. The fraction of sp³-hybridized carbons (Fsp3) is 0.621. The van der Waals surface area contributed by atoms with Crippen LogP contribution >= 0.6 is 0 Å². The van der Waals surface area contributed by atoms with E-state index < -0.39 is 0 Å². The van der Waals surface area contributed by atoms with Gasteiger partial charge in [0.25, 0.3) is 0 Å². The Kier molecular flexibility index (Phi) is 8.13. The smallest absolute Gasteiger partial charge is 0.242 e. The first-order valence-electron chi connectivity index (χ1n) is 13.9. The minimum Gasteiger partial charge on any atom is -0.489 e. The van der Waals surface area contributed by atoms with E-state index >= 15 is 0 Å². The molecule has 5 rings (SSSR count). The van der Waals surface area contributed by atoms with Crippen molar-refractivity contribution in [2.45, 2.75) is 38.6 Å². The molecule has 4 aliphatic rings. The molecule has 8 heteroatoms. The molecule has 0 unspecified atom stereocenters. The van der Waals surface area contributed by atoms with E-state index in [0.29, 0.717) is 32.7 Å². The third kappa shape index (κ3) is 6.17. The van der Waals surface area contributed by atoms with Gasteiger partial charge in [-0.1, -0.05) is 36.8 Å². The highest BCUT2D eigenvalue weighted by Gasteiger charge is 2.35. The van der Waals surface area contributed by atoms with Crippen molar-refractivity contribution < 1.29 is 19.1 Å². The predicted molar refractivity (Wildman–Crippen MR) is 141 cm³/mol. The molecule has 1 saturated carbocycles. The van der Waals surface area contributed by atoms with Gasteiger partial charge in [0.05, 0.1) is 0 Å². The summed E-state index contributed by atoms with van der Waals surface area (Å²) >= 11 is 0. The molecule has 0 spiro atoms. The number of hydrogen-bond acceptors (Lipinski definition) is 5. The molecule has 200 valence electrons. The van der Waals surface area contributed by atoms with E-state index in [4.69, 9.17) is 4.74 Å². The average molecular weight is 509 g/mol. The number of hydrogen-bond donors (Lipinski definition) is 0. The van der Waals surface area contributed by atoms with E-state index in [1.54, 1.807) is 4.90 Å². The van der Waals surface area contributed by atoms with Gasteiger partial charge in [-0.05, 0) is 44.2 Å². The van der Waals surface area contributed by atoms with Crippen LogP contribution in [0, 0.1) is 17.8 Å². The van der Waals surface area contributed by atoms with Crippen LogP contribution in [0.1, 0.15) is 37.7 Å². The van der Waals surface area contributed by atoms with Gasteiger partial charge in [0, 0.05) is 63.7 Å². The summed E-state index contributed by atoms with van der Waals surface area (Å²) in [7, 11) is 2.09. The van der Waals surface area contributed by atoms with Crippen molar-refractivity contribution >= 4 is 17.7 Å². The lowest BCUT2D eigenvalue weighted by atomic mass is 9.82. The van der Waals surface area contributed by atoms with Gasteiger partial charge in [0.15, 0.2) is 0 Å². The molecule has 1 aliphatic carbocycles. The fourth-order valence-electron chi connectivity index (χ4n) is 5.88. The van der Waals surface area contributed by atoms with E-state index in [2.05, 4.69) is 18.0 Å². The number of piperidine rings is 1. The van der Waals surface area contributed by atoms with Crippen LogP contribution in [0.5, 0.6) is 5.75 Å². The molecule has 2 atom stereocenters. The monoisotopic (exact) mass is 508 g/mol. The van der Waals surface area contributed by atoms with Gasteiger partial charge in [0.2, 0.25) is 17.7 Å². The van der Waals surface area contributed by atoms with E-state index in [-0.39, 0.29) is 42.0 Å². The Labute approximate surface area is 220 Å². The molecule has 0 aromatic heterocycles. The highest BCUT2D eigenvalue weighted by atomic mass is 16.5. The van der Waals surface area contributed by atoms with E-state index in [9.17, 15) is 14.4 Å². The second kappa shape index (κ2) is 11.7. The van der Waals surface area contributed by atoms with Crippen molar-refractivity contribution in [2.75, 3.05) is 59.5 Å². The SMILES string of the molecule is CN1CCN(C(=O)C[C@@H]2CCN3C[C@@H]2C=CCOc2ccccc2CN(C(=O)C2CCC2)CC3=O)CC1. The van der Waals surface area contributed by atoms with Crippen molar-refractivity contribution in [3.8, 4) is 5.75 Å². The third-order valence-electron chi connectivity index (χ3n) is 8.60. The molecule has 3 heterocycles. The summed E-state index contributed by atoms with van der Waals surface area (Å²) in [6, 6.07) is 7.78. The number of benzene rings is 1. The lowest BCUT2D eigenvalue weighted by Crippen LogP contribution is -2.51. The van der Waals surface area contributed by atoms with Crippen LogP contribution in [0.4, 0.5) is 0 Å². The number of nitrogens with zero attached hydrogens (tertiary/aromatic N) is 4. The zero-order valence-corrected chi connectivity index (χ0v) is 22.0. The summed E-state index contributed by atoms with van der Waals surface area (Å²) in [5, 5.41) is 0. The molecular weight excluding hydrogens is 468 g/mol. The quantitative estimate of drug-likeness (QED) is 0.587. The normalized spacial score (nSPS) is 25.8. The Balaban J connectivity index is 1.33. The number of fused-ring (bicyclic) bond motifs is 3. The summed E-state index contributed by atoms with van der Waals surface area (Å²) in [5.41, 5.74) is 0.921. The Morgan fingerprint density at radius 3 is 2.51 bits per heavy atom. The maximum absolute atomic E-state index is 13.5. The second-order valence-corrected chi connectivity index (χ2v) is 11.1. The molecule has 3 aliphatic heterocycles. The van der Waals surface area contributed by atoms with E-state index in [1.807, 2.05) is 40.1 Å². The van der Waals surface area contributed by atoms with Crippen molar-refractivity contribution in [3.05, 3.63) is 42.0 Å². The Morgan fingerprint density at radius 1 is 0.973 bits per heavy atom. The fourth-order valence-corrected chi connectivity index (χ4v) is 5.88. The largest absolute Gasteiger partial charge is 0.489 e. The number of piperazine rings is 1. The maximum atomic E-state index is 13.5. The average Bonchev–Trinajstić information content (AvgIpc) is 2.87. The van der Waals surface area contributed by atoms with Crippen LogP contribution in [0.15, 0.2) is 36.4 Å². The van der Waals surface area contributed by atoms with Crippen LogP contribution in [-0.4, -0.2) is 96.8 Å². The Morgan fingerprint density at radius 2 is 1.76 bits per heavy atom. The highest BCUT2D eigenvalue weighted by Crippen LogP contribution is 2.32. The van der Waals surface area contributed by atoms with Gasteiger partial charge in [0.1, 0.15) is 18.9 Å². The number of ether oxygens (including phenoxy) is 1. The molecule has 0 N–H and O–H groups in total. The minimum absolute atomic E-state index is 0.00689. The van der Waals surface area contributed by atoms with Crippen LogP contribution in [0.25, 0.3) is 0 Å². The maximum Gasteiger partial charge on any atom is 0.242 e. The minimum atomic E-state index is -0.00689. The summed E-state index contributed by atoms with van der Waals surface area (Å²) < 4.78 is 6.11. The molecule has 8 nitrogen and oxygen atoms in total. The molecule has 2 saturated heterocycles. The highest BCUT2D eigenvalue weighted by molar-refractivity contribution is 5.86. The summed E-state index contributed by atoms with van der Waals surface area (Å²) in [5.74, 6) is 1.34. The third-order valence-corrected chi connectivity index (χ3v) is 8.60. The van der Waals surface area contributed by atoms with E-state index in [0.717, 1.165) is 63.2 Å². The lowest BCUT2D eigenvalue weighted by molar-refractivity contribution is -0.146. The second-order valence-electron chi connectivity index (χ2n) is 11.1. The first-order chi connectivity index (χ1) is 18.0. The molecule has 3 fully saturated rings. The lowest BCUT2D eigenvalue weighted by Gasteiger charge is -2.40. The zero-order chi connectivity index (χ0) is 25.8. The van der Waals surface area contributed by atoms with Crippen LogP contribution < -0.4 is 4.74 Å². The van der Waals surface area contributed by atoms with Gasteiger partial charge in [-0.2, -0.15) is 0 Å². The Bertz CT molecular complexity index is 1010. The van der Waals surface area contributed by atoms with Crippen molar-refractivity contribution in [1.82, 2.24) is 19.6 Å². The molecular formula is C29H40N4O4.